The molecule has 4 heteroatoms. The first-order chi connectivity index (χ1) is 11.3. The number of nitrogens with zero attached hydrogens (tertiary/aromatic N) is 1. The second kappa shape index (κ2) is 7.18. The highest BCUT2D eigenvalue weighted by atomic mass is 16.5. The molecule has 2 rings (SSSR count). The van der Waals surface area contributed by atoms with E-state index in [4.69, 9.17) is 14.7 Å². The number of hydrogen-bond donors (Lipinski definition) is 0. The molecule has 0 heterocycles. The minimum absolute atomic E-state index is 0.0495. The summed E-state index contributed by atoms with van der Waals surface area (Å²) in [6, 6.07) is 14.5. The van der Waals surface area contributed by atoms with Gasteiger partial charge in [-0.2, -0.15) is 5.26 Å². The van der Waals surface area contributed by atoms with Crippen LogP contribution in [0.3, 0.4) is 0 Å². The number of benzene rings is 2. The van der Waals surface area contributed by atoms with Crippen molar-refractivity contribution < 1.29 is 14.3 Å². The quantitative estimate of drug-likeness (QED) is 0.776. The van der Waals surface area contributed by atoms with Gasteiger partial charge in [-0.15, -0.1) is 0 Å². The number of methoxy groups -OCH3 is 1. The average molecular weight is 323 g/mol. The van der Waals surface area contributed by atoms with E-state index in [2.05, 4.69) is 20.8 Å². The van der Waals surface area contributed by atoms with Crippen LogP contribution in [0, 0.1) is 11.3 Å². The molecular formula is C20H21NO3. The topological polar surface area (TPSA) is 59.3 Å². The first-order valence-corrected chi connectivity index (χ1v) is 7.70. The molecule has 0 fully saturated rings. The van der Waals surface area contributed by atoms with Gasteiger partial charge in [0.15, 0.2) is 23.9 Å². The molecule has 0 amide bonds. The molecule has 2 aromatic rings. The lowest BCUT2D eigenvalue weighted by atomic mass is 9.86. The van der Waals surface area contributed by atoms with Crippen LogP contribution in [0.2, 0.25) is 0 Å². The predicted molar refractivity (Wildman–Crippen MR) is 92.7 cm³/mol. The molecule has 2 aromatic carbocycles. The summed E-state index contributed by atoms with van der Waals surface area (Å²) in [4.78, 5) is 12.3. The highest BCUT2D eigenvalue weighted by molar-refractivity contribution is 5.97. The van der Waals surface area contributed by atoms with Crippen LogP contribution < -0.4 is 9.47 Å². The molecule has 0 saturated carbocycles. The van der Waals surface area contributed by atoms with Gasteiger partial charge in [0, 0.05) is 11.6 Å². The van der Waals surface area contributed by atoms with E-state index in [0.717, 1.165) is 0 Å². The predicted octanol–water partition coefficient (Wildman–Crippen LogP) is 4.13. The number of ketones is 1. The summed E-state index contributed by atoms with van der Waals surface area (Å²) in [5.41, 5.74) is 2.31. The fraction of sp³-hybridized carbons (Fsp3) is 0.300. The molecule has 0 spiro atoms. The summed E-state index contributed by atoms with van der Waals surface area (Å²) in [6.07, 6.45) is 0. The molecule has 0 bridgehead atoms. The van der Waals surface area contributed by atoms with Crippen molar-refractivity contribution in [3.8, 4) is 17.6 Å². The zero-order chi connectivity index (χ0) is 17.7. The molecule has 124 valence electrons. The molecule has 0 saturated heterocycles. The van der Waals surface area contributed by atoms with Crippen LogP contribution in [0.4, 0.5) is 0 Å². The number of Topliss-reactive ketones (excluding diaryl/α,β-unsaturated/α-hetero) is 1. The molecule has 0 aliphatic rings. The number of hydrogen-bond acceptors (Lipinski definition) is 4. The van der Waals surface area contributed by atoms with E-state index in [1.54, 1.807) is 18.2 Å². The maximum absolute atomic E-state index is 12.3. The average Bonchev–Trinajstić information content (AvgIpc) is 2.58. The largest absolute Gasteiger partial charge is 0.493 e. The van der Waals surface area contributed by atoms with Gasteiger partial charge in [-0.25, -0.2) is 0 Å². The molecule has 0 unspecified atom stereocenters. The summed E-state index contributed by atoms with van der Waals surface area (Å²) in [6.45, 7) is 6.30. The van der Waals surface area contributed by atoms with Gasteiger partial charge in [0.2, 0.25) is 0 Å². The van der Waals surface area contributed by atoms with Crippen molar-refractivity contribution in [2.45, 2.75) is 26.2 Å². The fourth-order valence-corrected chi connectivity index (χ4v) is 2.24. The van der Waals surface area contributed by atoms with Crippen molar-refractivity contribution in [2.24, 2.45) is 0 Å². The third-order valence-corrected chi connectivity index (χ3v) is 3.72. The summed E-state index contributed by atoms with van der Waals surface area (Å²) in [7, 11) is 1.50. The molecule has 0 N–H and O–H groups in total. The highest BCUT2D eigenvalue weighted by Crippen LogP contribution is 2.28. The number of nitriles is 1. The Kier molecular flexibility index (Phi) is 5.25. The third-order valence-electron chi connectivity index (χ3n) is 3.72. The molecular weight excluding hydrogens is 302 g/mol. The number of ether oxygens (including phenoxy) is 2. The van der Waals surface area contributed by atoms with Gasteiger partial charge >= 0.3 is 0 Å². The van der Waals surface area contributed by atoms with Crippen LogP contribution in [-0.2, 0) is 5.41 Å². The molecule has 0 radical (unpaired) electrons. The molecule has 0 aliphatic heterocycles. The Morgan fingerprint density at radius 2 is 1.75 bits per heavy atom. The van der Waals surface area contributed by atoms with Gasteiger partial charge in [0.25, 0.3) is 0 Å². The van der Waals surface area contributed by atoms with E-state index < -0.39 is 0 Å². The van der Waals surface area contributed by atoms with Crippen LogP contribution >= 0.6 is 0 Å². The Morgan fingerprint density at radius 1 is 1.08 bits per heavy atom. The van der Waals surface area contributed by atoms with Crippen LogP contribution in [0.1, 0.15) is 42.3 Å². The fourth-order valence-electron chi connectivity index (χ4n) is 2.24. The van der Waals surface area contributed by atoms with E-state index >= 15 is 0 Å². The summed E-state index contributed by atoms with van der Waals surface area (Å²) < 4.78 is 10.7. The molecule has 4 nitrogen and oxygen atoms in total. The first-order valence-electron chi connectivity index (χ1n) is 7.70. The Bertz CT molecular complexity index is 765. The molecule has 0 aliphatic carbocycles. The third kappa shape index (κ3) is 4.14. The van der Waals surface area contributed by atoms with Crippen molar-refractivity contribution in [1.82, 2.24) is 0 Å². The van der Waals surface area contributed by atoms with Crippen LogP contribution in [-0.4, -0.2) is 19.5 Å². The van der Waals surface area contributed by atoms with Gasteiger partial charge < -0.3 is 9.47 Å². The first kappa shape index (κ1) is 17.6. The summed E-state index contributed by atoms with van der Waals surface area (Å²) >= 11 is 0. The van der Waals surface area contributed by atoms with Crippen molar-refractivity contribution in [3.05, 3.63) is 59.2 Å². The van der Waals surface area contributed by atoms with Gasteiger partial charge in [0.05, 0.1) is 18.7 Å². The molecule has 24 heavy (non-hydrogen) atoms. The monoisotopic (exact) mass is 323 g/mol. The van der Waals surface area contributed by atoms with E-state index in [-0.39, 0.29) is 17.8 Å². The van der Waals surface area contributed by atoms with Crippen molar-refractivity contribution in [1.29, 1.82) is 5.26 Å². The lowest BCUT2D eigenvalue weighted by Gasteiger charge is -2.19. The van der Waals surface area contributed by atoms with Crippen molar-refractivity contribution in [2.75, 3.05) is 13.7 Å². The van der Waals surface area contributed by atoms with E-state index in [1.165, 1.54) is 12.7 Å². The maximum Gasteiger partial charge on any atom is 0.200 e. The van der Waals surface area contributed by atoms with Crippen molar-refractivity contribution >= 4 is 5.78 Å². The van der Waals surface area contributed by atoms with E-state index in [9.17, 15) is 4.79 Å². The second-order valence-corrected chi connectivity index (χ2v) is 6.52. The molecule has 0 aromatic heterocycles. The summed E-state index contributed by atoms with van der Waals surface area (Å²) in [5, 5.41) is 8.89. The lowest BCUT2D eigenvalue weighted by Crippen LogP contribution is -2.14. The zero-order valence-electron chi connectivity index (χ0n) is 14.4. The highest BCUT2D eigenvalue weighted by Gasteiger charge is 2.15. The van der Waals surface area contributed by atoms with Crippen molar-refractivity contribution in [3.63, 3.8) is 0 Å². The minimum atomic E-state index is -0.109. The van der Waals surface area contributed by atoms with Crippen LogP contribution in [0.25, 0.3) is 0 Å². The smallest absolute Gasteiger partial charge is 0.200 e. The molecule has 0 atom stereocenters. The second-order valence-electron chi connectivity index (χ2n) is 6.52. The Morgan fingerprint density at radius 3 is 2.29 bits per heavy atom. The normalized spacial score (nSPS) is 10.8. The maximum atomic E-state index is 12.3. The summed E-state index contributed by atoms with van der Waals surface area (Å²) in [5.74, 6) is 0.767. The van der Waals surface area contributed by atoms with Crippen LogP contribution in [0.5, 0.6) is 11.5 Å². The Hall–Kier alpha value is -2.80. The zero-order valence-corrected chi connectivity index (χ0v) is 14.4. The standard InChI is InChI=1S/C20H21NO3/c1-20(2,3)16-8-6-15(7-9-16)17(22)13-24-18-10-5-14(12-21)11-19(18)23-4/h5-11H,13H2,1-4H3. The SMILES string of the molecule is COc1cc(C#N)ccc1OCC(=O)c1ccc(C(C)(C)C)cc1. The van der Waals surface area contributed by atoms with E-state index in [1.807, 2.05) is 30.3 Å². The minimum Gasteiger partial charge on any atom is -0.493 e. The van der Waals surface area contributed by atoms with Gasteiger partial charge in [-0.1, -0.05) is 45.0 Å². The Labute approximate surface area is 142 Å². The van der Waals surface area contributed by atoms with Gasteiger partial charge in [0.1, 0.15) is 0 Å². The lowest BCUT2D eigenvalue weighted by molar-refractivity contribution is 0.0919. The van der Waals surface area contributed by atoms with Gasteiger partial charge in [-0.05, 0) is 23.1 Å². The van der Waals surface area contributed by atoms with Crippen LogP contribution in [0.15, 0.2) is 42.5 Å². The Balaban J connectivity index is 2.07. The number of carbonyl (C=O) groups is 1. The number of rotatable bonds is 5. The number of carbonyl (C=O) groups excluding carboxylic acids is 1. The van der Waals surface area contributed by atoms with Gasteiger partial charge in [-0.3, -0.25) is 4.79 Å². The van der Waals surface area contributed by atoms with E-state index in [0.29, 0.717) is 22.6 Å².